The average Bonchev–Trinajstić information content (AvgIpc) is 2.39. The first kappa shape index (κ1) is 14.8. The number of halogens is 2. The zero-order chi connectivity index (χ0) is 13.8. The van der Waals surface area contributed by atoms with Gasteiger partial charge in [0.15, 0.2) is 0 Å². The number of methoxy groups -OCH3 is 1. The van der Waals surface area contributed by atoms with Crippen LogP contribution < -0.4 is 10.5 Å². The molecule has 0 saturated heterocycles. The Morgan fingerprint density at radius 2 is 2.00 bits per heavy atom. The highest BCUT2D eigenvalue weighted by Crippen LogP contribution is 2.28. The summed E-state index contributed by atoms with van der Waals surface area (Å²) >= 11 is 5.83. The lowest BCUT2D eigenvalue weighted by atomic mass is 10.00. The summed E-state index contributed by atoms with van der Waals surface area (Å²) in [5.41, 5.74) is 8.68. The molecule has 1 atom stereocenters. The Hall–Kier alpha value is -0.590. The second-order valence-electron chi connectivity index (χ2n) is 4.30. The molecule has 0 heterocycles. The fraction of sp³-hybridized carbons (Fsp3) is 0.200. The molecule has 0 aromatic heterocycles. The van der Waals surface area contributed by atoms with E-state index in [2.05, 4.69) is 62.8 Å². The molecular weight excluding hydrogens is 417 g/mol. The van der Waals surface area contributed by atoms with E-state index in [4.69, 9.17) is 10.5 Å². The van der Waals surface area contributed by atoms with Crippen LogP contribution in [0.2, 0.25) is 0 Å². The molecule has 0 aliphatic heterocycles. The van der Waals surface area contributed by atoms with Crippen LogP contribution >= 0.6 is 38.5 Å². The second kappa shape index (κ2) is 6.72. The van der Waals surface area contributed by atoms with Crippen molar-refractivity contribution in [1.29, 1.82) is 0 Å². The minimum absolute atomic E-state index is 0.00777. The van der Waals surface area contributed by atoms with E-state index >= 15 is 0 Å². The van der Waals surface area contributed by atoms with Crippen molar-refractivity contribution < 1.29 is 4.74 Å². The van der Waals surface area contributed by atoms with Gasteiger partial charge >= 0.3 is 0 Å². The lowest BCUT2D eigenvalue weighted by molar-refractivity contribution is 0.412. The van der Waals surface area contributed by atoms with Crippen molar-refractivity contribution in [3.8, 4) is 5.75 Å². The van der Waals surface area contributed by atoms with Gasteiger partial charge in [-0.15, -0.1) is 0 Å². The maximum absolute atomic E-state index is 6.30. The summed E-state index contributed by atoms with van der Waals surface area (Å²) in [6.45, 7) is 0. The Bertz CT molecular complexity index is 574. The summed E-state index contributed by atoms with van der Waals surface area (Å²) in [5, 5.41) is 0. The number of rotatable bonds is 4. The Morgan fingerprint density at radius 1 is 1.26 bits per heavy atom. The Balaban J connectivity index is 2.17. The molecule has 0 spiro atoms. The summed E-state index contributed by atoms with van der Waals surface area (Å²) < 4.78 is 7.40. The summed E-state index contributed by atoms with van der Waals surface area (Å²) in [4.78, 5) is 0. The lowest BCUT2D eigenvalue weighted by Crippen LogP contribution is -2.14. The highest BCUT2D eigenvalue weighted by molar-refractivity contribution is 14.1. The molecule has 0 aliphatic rings. The standard InChI is InChI=1S/C15H15BrINO/c1-19-15-7-6-10(8-12(15)16)9-14(18)11-4-2-3-5-13(11)17/h2-8,14H,9,18H2,1H3. The van der Waals surface area contributed by atoms with Crippen LogP contribution in [0.15, 0.2) is 46.9 Å². The molecule has 0 aliphatic carbocycles. The molecule has 2 aromatic carbocycles. The maximum Gasteiger partial charge on any atom is 0.133 e. The third kappa shape index (κ3) is 3.70. The van der Waals surface area contributed by atoms with Crippen molar-refractivity contribution in [2.24, 2.45) is 5.73 Å². The minimum atomic E-state index is 0.00777. The van der Waals surface area contributed by atoms with Crippen LogP contribution in [0.5, 0.6) is 5.75 Å². The van der Waals surface area contributed by atoms with E-state index in [9.17, 15) is 0 Å². The first-order chi connectivity index (χ1) is 9.11. The molecule has 19 heavy (non-hydrogen) atoms. The number of hydrogen-bond donors (Lipinski definition) is 1. The Kier molecular flexibility index (Phi) is 5.24. The number of ether oxygens (including phenoxy) is 1. The zero-order valence-corrected chi connectivity index (χ0v) is 14.3. The molecule has 0 fully saturated rings. The highest BCUT2D eigenvalue weighted by atomic mass is 127. The van der Waals surface area contributed by atoms with Gasteiger partial charge in [-0.25, -0.2) is 0 Å². The number of nitrogens with two attached hydrogens (primary N) is 1. The zero-order valence-electron chi connectivity index (χ0n) is 10.6. The smallest absolute Gasteiger partial charge is 0.133 e. The first-order valence-corrected chi connectivity index (χ1v) is 7.81. The number of hydrogen-bond acceptors (Lipinski definition) is 2. The third-order valence-corrected chi connectivity index (χ3v) is 4.58. The predicted octanol–water partition coefficient (Wildman–Crippen LogP) is 4.30. The van der Waals surface area contributed by atoms with Gasteiger partial charge in [-0.1, -0.05) is 24.3 Å². The highest BCUT2D eigenvalue weighted by Gasteiger charge is 2.11. The van der Waals surface area contributed by atoms with E-state index in [1.807, 2.05) is 18.2 Å². The molecule has 0 radical (unpaired) electrons. The van der Waals surface area contributed by atoms with E-state index in [0.717, 1.165) is 16.6 Å². The van der Waals surface area contributed by atoms with E-state index in [1.165, 1.54) is 14.7 Å². The van der Waals surface area contributed by atoms with E-state index in [-0.39, 0.29) is 6.04 Å². The van der Waals surface area contributed by atoms with Crippen LogP contribution in [0, 0.1) is 3.57 Å². The molecule has 0 saturated carbocycles. The quantitative estimate of drug-likeness (QED) is 0.732. The lowest BCUT2D eigenvalue weighted by Gasteiger charge is -2.14. The Morgan fingerprint density at radius 3 is 2.63 bits per heavy atom. The van der Waals surface area contributed by atoms with Crippen LogP contribution in [-0.4, -0.2) is 7.11 Å². The van der Waals surface area contributed by atoms with Crippen molar-refractivity contribution in [3.05, 3.63) is 61.6 Å². The monoisotopic (exact) mass is 431 g/mol. The van der Waals surface area contributed by atoms with Gasteiger partial charge in [-0.05, 0) is 74.3 Å². The normalized spacial score (nSPS) is 12.2. The topological polar surface area (TPSA) is 35.2 Å². The fourth-order valence-corrected chi connectivity index (χ4v) is 3.35. The van der Waals surface area contributed by atoms with Crippen molar-refractivity contribution in [2.75, 3.05) is 7.11 Å². The van der Waals surface area contributed by atoms with Gasteiger partial charge in [-0.2, -0.15) is 0 Å². The second-order valence-corrected chi connectivity index (χ2v) is 6.32. The minimum Gasteiger partial charge on any atom is -0.496 e. The van der Waals surface area contributed by atoms with Crippen LogP contribution in [0.25, 0.3) is 0 Å². The summed E-state index contributed by atoms with van der Waals surface area (Å²) in [6, 6.07) is 14.3. The van der Waals surface area contributed by atoms with Gasteiger partial charge < -0.3 is 10.5 Å². The average molecular weight is 432 g/mol. The molecule has 0 bridgehead atoms. The molecule has 0 amide bonds. The molecule has 2 N–H and O–H groups in total. The van der Waals surface area contributed by atoms with Crippen LogP contribution in [-0.2, 0) is 6.42 Å². The third-order valence-electron chi connectivity index (χ3n) is 2.98. The van der Waals surface area contributed by atoms with Gasteiger partial charge in [0, 0.05) is 9.61 Å². The van der Waals surface area contributed by atoms with Crippen LogP contribution in [0.3, 0.4) is 0 Å². The summed E-state index contributed by atoms with van der Waals surface area (Å²) in [5.74, 6) is 0.839. The molecule has 2 nitrogen and oxygen atoms in total. The van der Waals surface area contributed by atoms with Gasteiger partial charge in [0.2, 0.25) is 0 Å². The van der Waals surface area contributed by atoms with Crippen molar-refractivity contribution in [2.45, 2.75) is 12.5 Å². The number of benzene rings is 2. The van der Waals surface area contributed by atoms with E-state index in [0.29, 0.717) is 0 Å². The summed E-state index contributed by atoms with van der Waals surface area (Å²) in [6.07, 6.45) is 0.808. The van der Waals surface area contributed by atoms with Crippen LogP contribution in [0.4, 0.5) is 0 Å². The van der Waals surface area contributed by atoms with Gasteiger partial charge in [0.05, 0.1) is 11.6 Å². The van der Waals surface area contributed by atoms with Crippen molar-refractivity contribution in [3.63, 3.8) is 0 Å². The Labute approximate surface area is 135 Å². The fourth-order valence-electron chi connectivity index (χ4n) is 1.98. The molecule has 4 heteroatoms. The van der Waals surface area contributed by atoms with Gasteiger partial charge in [0.1, 0.15) is 5.75 Å². The molecule has 2 aromatic rings. The van der Waals surface area contributed by atoms with Gasteiger partial charge in [-0.3, -0.25) is 0 Å². The molecule has 1 unspecified atom stereocenters. The SMILES string of the molecule is COc1ccc(CC(N)c2ccccc2I)cc1Br. The van der Waals surface area contributed by atoms with E-state index < -0.39 is 0 Å². The summed E-state index contributed by atoms with van der Waals surface area (Å²) in [7, 11) is 1.66. The molecule has 100 valence electrons. The predicted molar refractivity (Wildman–Crippen MR) is 90.5 cm³/mol. The van der Waals surface area contributed by atoms with E-state index in [1.54, 1.807) is 7.11 Å². The maximum atomic E-state index is 6.30. The molecule has 2 rings (SSSR count). The van der Waals surface area contributed by atoms with Crippen LogP contribution in [0.1, 0.15) is 17.2 Å². The first-order valence-electron chi connectivity index (χ1n) is 5.94. The molecular formula is C15H15BrINO. The largest absolute Gasteiger partial charge is 0.496 e. The van der Waals surface area contributed by atoms with Gasteiger partial charge in [0.25, 0.3) is 0 Å². The van der Waals surface area contributed by atoms with Crippen molar-refractivity contribution in [1.82, 2.24) is 0 Å². The van der Waals surface area contributed by atoms with Crippen molar-refractivity contribution >= 4 is 38.5 Å².